The molecular weight excluding hydrogens is 368 g/mol. The number of carbonyl (C=O) groups excluding carboxylic acids is 1. The van der Waals surface area contributed by atoms with Crippen molar-refractivity contribution in [3.63, 3.8) is 0 Å². The highest BCUT2D eigenvalue weighted by Gasteiger charge is 2.15. The maximum absolute atomic E-state index is 10.4. The fourth-order valence-corrected chi connectivity index (χ4v) is 2.06. The molecule has 1 aliphatic rings. The average molecular weight is 389 g/mol. The molecule has 0 atom stereocenters. The Morgan fingerprint density at radius 1 is 1.38 bits per heavy atom. The Labute approximate surface area is 149 Å². The Kier molecular flexibility index (Phi) is 7.52. The van der Waals surface area contributed by atoms with Gasteiger partial charge in [-0.05, 0) is 36.7 Å². The summed E-state index contributed by atoms with van der Waals surface area (Å²) in [5, 5.41) is 10.4. The molecule has 3 rings (SSSR count). The van der Waals surface area contributed by atoms with Crippen molar-refractivity contribution < 1.29 is 27.4 Å². The van der Waals surface area contributed by atoms with Crippen molar-refractivity contribution in [1.82, 2.24) is 9.88 Å². The van der Waals surface area contributed by atoms with Gasteiger partial charge in [0, 0.05) is 24.1 Å². The summed E-state index contributed by atoms with van der Waals surface area (Å²) >= 11 is 0. The lowest BCUT2D eigenvalue weighted by Crippen LogP contribution is -2.29. The lowest BCUT2D eigenvalue weighted by molar-refractivity contribution is -0.116. The quantitative estimate of drug-likeness (QED) is 0.367. The molecule has 0 unspecified atom stereocenters. The summed E-state index contributed by atoms with van der Waals surface area (Å²) in [4.78, 5) is 18.5. The molecule has 0 aliphatic carbocycles. The smallest absolute Gasteiger partial charge is 0.394 e. The van der Waals surface area contributed by atoms with Crippen LogP contribution in [0, 0.1) is 0 Å². The van der Waals surface area contributed by atoms with Crippen LogP contribution in [0.3, 0.4) is 0 Å². The van der Waals surface area contributed by atoms with Gasteiger partial charge >= 0.3 is 10.4 Å². The molecule has 26 heavy (non-hydrogen) atoms. The largest absolute Gasteiger partial charge is 0.508 e. The molecular formula is C14H21N5O6S. The van der Waals surface area contributed by atoms with E-state index in [2.05, 4.69) is 9.98 Å². The molecule has 1 aliphatic heterocycles. The normalized spacial score (nSPS) is 13.6. The van der Waals surface area contributed by atoms with Gasteiger partial charge in [0.25, 0.3) is 5.91 Å². The van der Waals surface area contributed by atoms with Crippen molar-refractivity contribution in [2.45, 2.75) is 6.42 Å². The maximum Gasteiger partial charge on any atom is 0.394 e. The second-order valence-electron chi connectivity index (χ2n) is 5.25. The van der Waals surface area contributed by atoms with Crippen molar-refractivity contribution >= 4 is 33.2 Å². The van der Waals surface area contributed by atoms with Crippen molar-refractivity contribution in [2.75, 3.05) is 20.1 Å². The minimum absolute atomic E-state index is 0.162. The minimum atomic E-state index is -4.67. The highest BCUT2D eigenvalue weighted by molar-refractivity contribution is 7.79. The summed E-state index contributed by atoms with van der Waals surface area (Å²) in [6.07, 6.45) is 2.78. The number of carbonyl (C=O) groups is 1. The van der Waals surface area contributed by atoms with Gasteiger partial charge in [-0.25, -0.2) is 0 Å². The summed E-state index contributed by atoms with van der Waals surface area (Å²) in [5.74, 6) is 0.449. The number of rotatable bonds is 2. The third-order valence-corrected chi connectivity index (χ3v) is 3.17. The first-order chi connectivity index (χ1) is 12.0. The summed E-state index contributed by atoms with van der Waals surface area (Å²) in [5.41, 5.74) is 12.9. The van der Waals surface area contributed by atoms with E-state index in [1.165, 1.54) is 0 Å². The molecule has 0 spiro atoms. The highest BCUT2D eigenvalue weighted by atomic mass is 32.3. The first kappa shape index (κ1) is 21.4. The third kappa shape index (κ3) is 7.48. The molecule has 144 valence electrons. The number of aliphatic imine (C=N–C) groups is 1. The van der Waals surface area contributed by atoms with Crippen LogP contribution in [0.2, 0.25) is 0 Å². The molecule has 12 heteroatoms. The molecule has 2 heterocycles. The highest BCUT2D eigenvalue weighted by Crippen LogP contribution is 2.22. The molecule has 0 bridgehead atoms. The van der Waals surface area contributed by atoms with Crippen molar-refractivity contribution in [3.8, 4) is 5.75 Å². The molecule has 11 nitrogen and oxygen atoms in total. The van der Waals surface area contributed by atoms with Gasteiger partial charge in [-0.2, -0.15) is 13.4 Å². The number of fused-ring (bicyclic) bond motifs is 1. The summed E-state index contributed by atoms with van der Waals surface area (Å²) < 4.78 is 31.6. The fraction of sp³-hybridized carbons (Fsp3) is 0.286. The number of phenolic OH excluding ortho intramolecular Hbond substituents is 1. The topological polar surface area (TPSA) is 195 Å². The van der Waals surface area contributed by atoms with Gasteiger partial charge in [0.1, 0.15) is 12.3 Å². The van der Waals surface area contributed by atoms with E-state index >= 15 is 0 Å². The zero-order valence-corrected chi connectivity index (χ0v) is 14.8. The molecule has 0 fully saturated rings. The van der Waals surface area contributed by atoms with E-state index in [9.17, 15) is 9.90 Å². The van der Waals surface area contributed by atoms with E-state index in [1.807, 2.05) is 12.3 Å². The second-order valence-corrected chi connectivity index (χ2v) is 6.15. The Bertz CT molecular complexity index is 884. The van der Waals surface area contributed by atoms with Gasteiger partial charge in [-0.3, -0.25) is 13.9 Å². The number of likely N-dealkylation sites (N-methyl/N-ethyl adjacent to an activating group) is 1. The van der Waals surface area contributed by atoms with Crippen LogP contribution in [0.15, 0.2) is 29.4 Å². The number of amides is 1. The molecule has 0 saturated carbocycles. The predicted molar refractivity (Wildman–Crippen MR) is 96.2 cm³/mol. The standard InChI is InChI=1S/C10H12N2O.C4H7N3O.H2O4S/c11-4-3-7-6-12-10-2-1-8(13)5-9(7)10;1-7-2-3(8)6-4(7)5;1-5(2,3)4/h1-2,5-6,12-13H,3-4,11H2;2H2,1H3,(H2,5,6,8);(H2,1,2,3,4)/i3+2;;. The number of guanidine groups is 1. The van der Waals surface area contributed by atoms with Gasteiger partial charge in [-0.15, -0.1) is 0 Å². The van der Waals surface area contributed by atoms with Gasteiger partial charge in [0.05, 0.1) is 0 Å². The van der Waals surface area contributed by atoms with Crippen LogP contribution in [0.4, 0.5) is 0 Å². The SMILES string of the molecule is CN1CC(=O)N=C1N.NC[14CH2]c1c[nH]c2ccc(O)cc12.O=S(=O)(O)O. The summed E-state index contributed by atoms with van der Waals surface area (Å²) in [7, 11) is -2.94. The Morgan fingerprint density at radius 2 is 2.00 bits per heavy atom. The first-order valence-electron chi connectivity index (χ1n) is 7.28. The van der Waals surface area contributed by atoms with Gasteiger partial charge < -0.3 is 26.5 Å². The number of H-pyrrole nitrogens is 1. The van der Waals surface area contributed by atoms with E-state index in [1.54, 1.807) is 24.1 Å². The van der Waals surface area contributed by atoms with E-state index in [-0.39, 0.29) is 5.91 Å². The maximum atomic E-state index is 10.4. The van der Waals surface area contributed by atoms with Crippen molar-refractivity contribution in [3.05, 3.63) is 30.0 Å². The van der Waals surface area contributed by atoms with Gasteiger partial charge in [-0.1, -0.05) is 0 Å². The van der Waals surface area contributed by atoms with Crippen molar-refractivity contribution in [1.29, 1.82) is 0 Å². The number of nitrogens with zero attached hydrogens (tertiary/aromatic N) is 2. The van der Waals surface area contributed by atoms with Crippen LogP contribution in [-0.4, -0.2) is 64.5 Å². The number of aromatic amines is 1. The second kappa shape index (κ2) is 9.15. The summed E-state index contributed by atoms with van der Waals surface area (Å²) in [6, 6.07) is 5.30. The molecule has 2 aromatic rings. The molecule has 1 aromatic heterocycles. The fourth-order valence-electron chi connectivity index (χ4n) is 2.06. The number of aromatic hydroxyl groups is 1. The lowest BCUT2D eigenvalue weighted by Gasteiger charge is -2.05. The van der Waals surface area contributed by atoms with E-state index in [0.29, 0.717) is 24.8 Å². The molecule has 0 radical (unpaired) electrons. The summed E-state index contributed by atoms with van der Waals surface area (Å²) in [6.45, 7) is 0.953. The van der Waals surface area contributed by atoms with E-state index < -0.39 is 10.4 Å². The molecule has 8 N–H and O–H groups in total. The predicted octanol–water partition coefficient (Wildman–Crippen LogP) is -0.505. The zero-order valence-electron chi connectivity index (χ0n) is 14.0. The van der Waals surface area contributed by atoms with Crippen LogP contribution in [0.5, 0.6) is 5.75 Å². The first-order valence-corrected chi connectivity index (χ1v) is 8.68. The molecule has 1 amide bonds. The van der Waals surface area contributed by atoms with Gasteiger partial charge in [0.2, 0.25) is 0 Å². The van der Waals surface area contributed by atoms with Crippen LogP contribution in [-0.2, 0) is 21.6 Å². The van der Waals surface area contributed by atoms with Gasteiger partial charge in [0.15, 0.2) is 5.96 Å². The lowest BCUT2D eigenvalue weighted by atomic mass is 10.2. The minimum Gasteiger partial charge on any atom is -0.508 e. The Morgan fingerprint density at radius 3 is 2.42 bits per heavy atom. The van der Waals surface area contributed by atoms with Crippen LogP contribution >= 0.6 is 0 Å². The van der Waals surface area contributed by atoms with E-state index in [0.717, 1.165) is 22.9 Å². The number of aromatic nitrogens is 1. The van der Waals surface area contributed by atoms with E-state index in [4.69, 9.17) is 29.0 Å². The van der Waals surface area contributed by atoms with Crippen LogP contribution < -0.4 is 11.5 Å². The zero-order chi connectivity index (χ0) is 19.9. The third-order valence-electron chi connectivity index (χ3n) is 3.17. The number of hydrogen-bond acceptors (Lipinski definition) is 7. The number of phenols is 1. The molecule has 1 aromatic carbocycles. The monoisotopic (exact) mass is 389 g/mol. The Balaban J connectivity index is 0.000000223. The average Bonchev–Trinajstić information content (AvgIpc) is 3.01. The Hall–Kier alpha value is -2.67. The number of hydrogen-bond donors (Lipinski definition) is 6. The van der Waals surface area contributed by atoms with Crippen molar-refractivity contribution in [2.24, 2.45) is 16.5 Å². The van der Waals surface area contributed by atoms with Crippen LogP contribution in [0.1, 0.15) is 5.56 Å². The number of nitrogens with two attached hydrogens (primary N) is 2. The number of nitrogens with one attached hydrogen (secondary N) is 1. The molecule has 0 saturated heterocycles. The van der Waals surface area contributed by atoms with Crippen LogP contribution in [0.25, 0.3) is 10.9 Å². The number of benzene rings is 1.